The van der Waals surface area contributed by atoms with Gasteiger partial charge in [-0.2, -0.15) is 0 Å². The summed E-state index contributed by atoms with van der Waals surface area (Å²) in [5.41, 5.74) is 8.56. The van der Waals surface area contributed by atoms with Crippen LogP contribution in [0.2, 0.25) is 10.0 Å². The molecule has 0 bridgehead atoms. The minimum Gasteiger partial charge on any atom is -0.366 e. The van der Waals surface area contributed by atoms with Crippen LogP contribution in [-0.2, 0) is 0 Å². The summed E-state index contributed by atoms with van der Waals surface area (Å²) < 4.78 is 28.2. The van der Waals surface area contributed by atoms with E-state index < -0.39 is 17.9 Å². The third kappa shape index (κ3) is 3.93. The Labute approximate surface area is 188 Å². The van der Waals surface area contributed by atoms with Gasteiger partial charge >= 0.3 is 0 Å². The number of benzene rings is 3. The van der Waals surface area contributed by atoms with E-state index in [0.29, 0.717) is 16.9 Å². The molecule has 4 nitrogen and oxygen atoms in total. The van der Waals surface area contributed by atoms with Crippen molar-refractivity contribution in [1.82, 2.24) is 0 Å². The van der Waals surface area contributed by atoms with E-state index in [9.17, 15) is 13.6 Å². The minimum atomic E-state index is -0.930. The standard InChI is InChI=1S/C23H19Cl2F2N3O/c1-29(22-17(24)6-3-7-18(22)27)19-9-8-13(10-20(19)30-11-14(26)12-30)15-4-2-5-16(21(15)25)23(28)31/h2-10,14H,11-12H2,1H3,(H2,28,31). The smallest absolute Gasteiger partial charge is 0.250 e. The first kappa shape index (κ1) is 21.4. The molecule has 4 rings (SSSR count). The average molecular weight is 462 g/mol. The predicted molar refractivity (Wildman–Crippen MR) is 122 cm³/mol. The lowest BCUT2D eigenvalue weighted by Gasteiger charge is -2.39. The summed E-state index contributed by atoms with van der Waals surface area (Å²) in [5, 5.41) is 0.507. The summed E-state index contributed by atoms with van der Waals surface area (Å²) in [4.78, 5) is 15.2. The Kier molecular flexibility index (Phi) is 5.77. The molecule has 3 aromatic carbocycles. The Bertz CT molecular complexity index is 1150. The second-order valence-electron chi connectivity index (χ2n) is 7.37. The quantitative estimate of drug-likeness (QED) is 0.520. The zero-order valence-corrected chi connectivity index (χ0v) is 18.1. The van der Waals surface area contributed by atoms with Crippen LogP contribution in [0.25, 0.3) is 11.1 Å². The van der Waals surface area contributed by atoms with Crippen LogP contribution in [0.3, 0.4) is 0 Å². The Morgan fingerprint density at radius 1 is 1.13 bits per heavy atom. The van der Waals surface area contributed by atoms with Crippen LogP contribution in [0.4, 0.5) is 25.8 Å². The summed E-state index contributed by atoms with van der Waals surface area (Å²) >= 11 is 12.7. The van der Waals surface area contributed by atoms with Gasteiger partial charge < -0.3 is 15.5 Å². The number of hydrogen-bond donors (Lipinski definition) is 1. The lowest BCUT2D eigenvalue weighted by Crippen LogP contribution is -2.48. The van der Waals surface area contributed by atoms with Crippen molar-refractivity contribution in [3.05, 3.63) is 76.0 Å². The Hall–Kier alpha value is -2.83. The largest absolute Gasteiger partial charge is 0.366 e. The van der Waals surface area contributed by atoms with Crippen LogP contribution >= 0.6 is 23.2 Å². The van der Waals surface area contributed by atoms with Gasteiger partial charge in [-0.3, -0.25) is 4.79 Å². The second-order valence-corrected chi connectivity index (χ2v) is 8.15. The zero-order valence-electron chi connectivity index (χ0n) is 16.6. The molecule has 160 valence electrons. The summed E-state index contributed by atoms with van der Waals surface area (Å²) in [6.07, 6.45) is -0.930. The highest BCUT2D eigenvalue weighted by atomic mass is 35.5. The molecule has 1 heterocycles. The first-order valence-electron chi connectivity index (χ1n) is 9.57. The molecule has 1 aliphatic rings. The van der Waals surface area contributed by atoms with Gasteiger partial charge in [0.25, 0.3) is 0 Å². The Morgan fingerprint density at radius 3 is 2.48 bits per heavy atom. The van der Waals surface area contributed by atoms with Gasteiger partial charge in [0.15, 0.2) is 0 Å². The monoisotopic (exact) mass is 461 g/mol. The van der Waals surface area contributed by atoms with Crippen molar-refractivity contribution in [3.8, 4) is 11.1 Å². The number of anilines is 3. The Balaban J connectivity index is 1.84. The van der Waals surface area contributed by atoms with Crippen molar-refractivity contribution in [2.24, 2.45) is 5.73 Å². The summed E-state index contributed by atoms with van der Waals surface area (Å²) in [7, 11) is 1.70. The summed E-state index contributed by atoms with van der Waals surface area (Å²) in [6.45, 7) is 0.453. The predicted octanol–water partition coefficient (Wildman–Crippen LogP) is 5.82. The molecule has 0 atom stereocenters. The van der Waals surface area contributed by atoms with Crippen LogP contribution in [0.1, 0.15) is 10.4 Å². The van der Waals surface area contributed by atoms with Crippen molar-refractivity contribution in [1.29, 1.82) is 0 Å². The first-order valence-corrected chi connectivity index (χ1v) is 10.3. The second kappa shape index (κ2) is 8.36. The highest BCUT2D eigenvalue weighted by molar-refractivity contribution is 6.36. The molecule has 0 saturated carbocycles. The normalized spacial score (nSPS) is 13.8. The van der Waals surface area contributed by atoms with Gasteiger partial charge in [0.2, 0.25) is 5.91 Å². The van der Waals surface area contributed by atoms with E-state index in [-0.39, 0.29) is 34.4 Å². The molecule has 1 amide bonds. The highest BCUT2D eigenvalue weighted by Crippen LogP contribution is 2.42. The van der Waals surface area contributed by atoms with E-state index >= 15 is 0 Å². The van der Waals surface area contributed by atoms with E-state index in [1.807, 2.05) is 17.0 Å². The van der Waals surface area contributed by atoms with Gasteiger partial charge in [-0.15, -0.1) is 0 Å². The fourth-order valence-electron chi connectivity index (χ4n) is 3.72. The topological polar surface area (TPSA) is 49.6 Å². The minimum absolute atomic E-state index is 0.216. The van der Waals surface area contributed by atoms with Crippen molar-refractivity contribution in [3.63, 3.8) is 0 Å². The van der Waals surface area contributed by atoms with Crippen molar-refractivity contribution in [2.45, 2.75) is 6.17 Å². The SMILES string of the molecule is CN(c1ccc(-c2cccc(C(N)=O)c2Cl)cc1N1CC(F)C1)c1c(F)cccc1Cl. The molecule has 1 fully saturated rings. The number of alkyl halides is 1. The van der Waals surface area contributed by atoms with Crippen molar-refractivity contribution >= 4 is 46.2 Å². The molecule has 1 saturated heterocycles. The van der Waals surface area contributed by atoms with Gasteiger partial charge in [0, 0.05) is 12.6 Å². The lowest BCUT2D eigenvalue weighted by molar-refractivity contribution is 0.100. The van der Waals surface area contributed by atoms with Crippen molar-refractivity contribution in [2.75, 3.05) is 29.9 Å². The maximum absolute atomic E-state index is 14.5. The molecule has 0 aliphatic carbocycles. The maximum Gasteiger partial charge on any atom is 0.250 e. The third-order valence-electron chi connectivity index (χ3n) is 5.36. The van der Waals surface area contributed by atoms with E-state index in [4.69, 9.17) is 28.9 Å². The van der Waals surface area contributed by atoms with Gasteiger partial charge in [0.05, 0.1) is 45.8 Å². The lowest BCUT2D eigenvalue weighted by atomic mass is 9.99. The number of primary amides is 1. The fourth-order valence-corrected chi connectivity index (χ4v) is 4.34. The number of nitrogens with two attached hydrogens (primary N) is 1. The molecular formula is C23H19Cl2F2N3O. The van der Waals surface area contributed by atoms with Gasteiger partial charge in [-0.05, 0) is 35.9 Å². The summed E-state index contributed by atoms with van der Waals surface area (Å²) in [6, 6.07) is 15.0. The number of halogens is 4. The zero-order chi connectivity index (χ0) is 22.3. The van der Waals surface area contributed by atoms with E-state index in [1.165, 1.54) is 12.1 Å². The molecule has 0 radical (unpaired) electrons. The van der Waals surface area contributed by atoms with Crippen LogP contribution in [0.15, 0.2) is 54.6 Å². The molecule has 8 heteroatoms. The molecular weight excluding hydrogens is 443 g/mol. The molecule has 1 aliphatic heterocycles. The molecule has 2 N–H and O–H groups in total. The van der Waals surface area contributed by atoms with Gasteiger partial charge in [0.1, 0.15) is 12.0 Å². The van der Waals surface area contributed by atoms with E-state index in [1.54, 1.807) is 42.3 Å². The third-order valence-corrected chi connectivity index (χ3v) is 6.07. The molecule has 3 aromatic rings. The number of amides is 1. The molecule has 0 aromatic heterocycles. The molecule has 31 heavy (non-hydrogen) atoms. The number of carbonyl (C=O) groups excluding carboxylic acids is 1. The number of para-hydroxylation sites is 1. The van der Waals surface area contributed by atoms with Crippen LogP contribution < -0.4 is 15.5 Å². The summed E-state index contributed by atoms with van der Waals surface area (Å²) in [5.74, 6) is -1.09. The van der Waals surface area contributed by atoms with Gasteiger partial charge in [-0.25, -0.2) is 8.78 Å². The van der Waals surface area contributed by atoms with Crippen LogP contribution in [-0.4, -0.2) is 32.2 Å². The molecule has 0 spiro atoms. The number of nitrogens with zero attached hydrogens (tertiary/aromatic N) is 2. The molecule has 0 unspecified atom stereocenters. The Morgan fingerprint density at radius 2 is 1.84 bits per heavy atom. The van der Waals surface area contributed by atoms with E-state index in [0.717, 1.165) is 5.56 Å². The van der Waals surface area contributed by atoms with Gasteiger partial charge in [-0.1, -0.05) is 47.5 Å². The average Bonchev–Trinajstić information content (AvgIpc) is 2.71. The maximum atomic E-state index is 14.5. The number of rotatable bonds is 5. The van der Waals surface area contributed by atoms with Crippen LogP contribution in [0.5, 0.6) is 0 Å². The number of hydrogen-bond acceptors (Lipinski definition) is 3. The fraction of sp³-hybridized carbons (Fsp3) is 0.174. The van der Waals surface area contributed by atoms with E-state index in [2.05, 4.69) is 0 Å². The number of carbonyl (C=O) groups is 1. The highest BCUT2D eigenvalue weighted by Gasteiger charge is 2.30. The van der Waals surface area contributed by atoms with Crippen LogP contribution in [0, 0.1) is 5.82 Å². The first-order chi connectivity index (χ1) is 14.8. The van der Waals surface area contributed by atoms with Crippen molar-refractivity contribution < 1.29 is 13.6 Å².